The highest BCUT2D eigenvalue weighted by Crippen LogP contribution is 2.29. The van der Waals surface area contributed by atoms with Gasteiger partial charge >= 0.3 is 0 Å². The average molecular weight is 455 g/mol. The Morgan fingerprint density at radius 2 is 1.86 bits per heavy atom. The van der Waals surface area contributed by atoms with Gasteiger partial charge in [0.05, 0.1) is 15.1 Å². The van der Waals surface area contributed by atoms with Crippen molar-refractivity contribution in [1.29, 1.82) is 0 Å². The van der Waals surface area contributed by atoms with Gasteiger partial charge < -0.3 is 4.74 Å². The molecule has 4 nitrogen and oxygen atoms in total. The van der Waals surface area contributed by atoms with Crippen molar-refractivity contribution in [1.82, 2.24) is 14.8 Å². The lowest BCUT2D eigenvalue weighted by atomic mass is 10.2. The van der Waals surface area contributed by atoms with E-state index in [1.165, 1.54) is 0 Å². The number of aromatic nitrogens is 3. The lowest BCUT2D eigenvalue weighted by Crippen LogP contribution is -2.07. The SMILES string of the molecule is C=CCn1c(COc2cc(C)ccc2Cl)nnc1SCc1ccc(Cl)c(Cl)c1. The quantitative estimate of drug-likeness (QED) is 0.284. The molecule has 3 rings (SSSR count). The minimum absolute atomic E-state index is 0.261. The number of nitrogens with zero attached hydrogens (tertiary/aromatic N) is 3. The molecule has 8 heteroatoms. The molecule has 0 radical (unpaired) electrons. The number of thioether (sulfide) groups is 1. The summed E-state index contributed by atoms with van der Waals surface area (Å²) < 4.78 is 7.84. The van der Waals surface area contributed by atoms with Crippen molar-refractivity contribution in [2.75, 3.05) is 0 Å². The van der Waals surface area contributed by atoms with Crippen LogP contribution in [0.4, 0.5) is 0 Å². The molecule has 0 bridgehead atoms. The second-order valence-corrected chi connectivity index (χ2v) is 8.22. The van der Waals surface area contributed by atoms with Crippen LogP contribution in [0.1, 0.15) is 17.0 Å². The molecule has 0 N–H and O–H groups in total. The monoisotopic (exact) mass is 453 g/mol. The number of ether oxygens (including phenoxy) is 1. The Labute approximate surface area is 183 Å². The molecule has 1 aromatic heterocycles. The zero-order valence-electron chi connectivity index (χ0n) is 15.2. The van der Waals surface area contributed by atoms with Crippen LogP contribution < -0.4 is 4.74 Å². The molecule has 0 spiro atoms. The van der Waals surface area contributed by atoms with Gasteiger partial charge in [-0.25, -0.2) is 0 Å². The highest BCUT2D eigenvalue weighted by Gasteiger charge is 2.14. The van der Waals surface area contributed by atoms with Crippen LogP contribution in [0.3, 0.4) is 0 Å². The van der Waals surface area contributed by atoms with Crippen molar-refractivity contribution >= 4 is 46.6 Å². The molecule has 0 aliphatic carbocycles. The third kappa shape index (κ3) is 5.23. The number of benzene rings is 2. The first kappa shape index (κ1) is 21.1. The summed E-state index contributed by atoms with van der Waals surface area (Å²) in [5, 5.41) is 11.0. The molecule has 3 aromatic rings. The van der Waals surface area contributed by atoms with Crippen LogP contribution in [0.2, 0.25) is 15.1 Å². The molecule has 0 aliphatic heterocycles. The standard InChI is InChI=1S/C20H18Cl3N3OS/c1-3-8-26-19(11-27-18-9-13(2)4-6-16(18)22)24-25-20(26)28-12-14-5-7-15(21)17(23)10-14/h3-7,9-10H,1,8,11-12H2,2H3. The van der Waals surface area contributed by atoms with E-state index in [1.807, 2.05) is 41.8 Å². The second kappa shape index (κ2) is 9.70. The van der Waals surface area contributed by atoms with Gasteiger partial charge in [0.2, 0.25) is 0 Å². The van der Waals surface area contributed by atoms with E-state index in [0.717, 1.165) is 16.3 Å². The smallest absolute Gasteiger partial charge is 0.191 e. The van der Waals surface area contributed by atoms with Gasteiger partial charge in [-0.05, 0) is 42.3 Å². The molecule has 0 saturated carbocycles. The zero-order valence-corrected chi connectivity index (χ0v) is 18.2. The maximum Gasteiger partial charge on any atom is 0.191 e. The third-order valence-electron chi connectivity index (χ3n) is 3.90. The minimum Gasteiger partial charge on any atom is -0.484 e. The lowest BCUT2D eigenvalue weighted by molar-refractivity contribution is 0.289. The molecular weight excluding hydrogens is 437 g/mol. The molecule has 0 atom stereocenters. The van der Waals surface area contributed by atoms with Gasteiger partial charge in [-0.15, -0.1) is 16.8 Å². The fourth-order valence-electron chi connectivity index (χ4n) is 2.49. The number of allylic oxidation sites excluding steroid dienone is 1. The van der Waals surface area contributed by atoms with Crippen LogP contribution in [0.15, 0.2) is 54.2 Å². The van der Waals surface area contributed by atoms with Crippen molar-refractivity contribution in [2.45, 2.75) is 31.0 Å². The van der Waals surface area contributed by atoms with Crippen LogP contribution in [0.5, 0.6) is 5.75 Å². The van der Waals surface area contributed by atoms with E-state index in [9.17, 15) is 0 Å². The fraction of sp³-hybridized carbons (Fsp3) is 0.200. The van der Waals surface area contributed by atoms with Crippen molar-refractivity contribution in [3.63, 3.8) is 0 Å². The number of halogens is 3. The Balaban J connectivity index is 1.72. The predicted octanol–water partition coefficient (Wildman–Crippen LogP) is 6.60. The summed E-state index contributed by atoms with van der Waals surface area (Å²) in [6, 6.07) is 11.2. The number of hydrogen-bond donors (Lipinski definition) is 0. The van der Waals surface area contributed by atoms with Crippen molar-refractivity contribution < 1.29 is 4.74 Å². The van der Waals surface area contributed by atoms with Crippen LogP contribution in [0, 0.1) is 6.92 Å². The fourth-order valence-corrected chi connectivity index (χ4v) is 3.89. The Hall–Kier alpha value is -1.66. The normalized spacial score (nSPS) is 10.9. The Bertz CT molecular complexity index is 991. The maximum absolute atomic E-state index is 6.20. The van der Waals surface area contributed by atoms with E-state index in [1.54, 1.807) is 23.9 Å². The van der Waals surface area contributed by atoms with E-state index in [0.29, 0.717) is 38.9 Å². The predicted molar refractivity (Wildman–Crippen MR) is 117 cm³/mol. The first-order valence-corrected chi connectivity index (χ1v) is 10.6. The maximum atomic E-state index is 6.20. The Kier molecular flexibility index (Phi) is 7.30. The first-order chi connectivity index (χ1) is 13.5. The van der Waals surface area contributed by atoms with E-state index in [2.05, 4.69) is 16.8 Å². The van der Waals surface area contributed by atoms with Gasteiger partial charge in [0.1, 0.15) is 12.4 Å². The summed E-state index contributed by atoms with van der Waals surface area (Å²) >= 11 is 19.8. The summed E-state index contributed by atoms with van der Waals surface area (Å²) in [4.78, 5) is 0. The van der Waals surface area contributed by atoms with Gasteiger partial charge in [-0.3, -0.25) is 4.57 Å². The Morgan fingerprint density at radius 1 is 1.07 bits per heavy atom. The van der Waals surface area contributed by atoms with Gasteiger partial charge in [0.15, 0.2) is 11.0 Å². The number of aryl methyl sites for hydroxylation is 1. The van der Waals surface area contributed by atoms with E-state index in [-0.39, 0.29) is 6.61 Å². The lowest BCUT2D eigenvalue weighted by Gasteiger charge is -2.11. The molecule has 0 saturated heterocycles. The van der Waals surface area contributed by atoms with Gasteiger partial charge in [0, 0.05) is 12.3 Å². The van der Waals surface area contributed by atoms with E-state index in [4.69, 9.17) is 39.5 Å². The second-order valence-electron chi connectivity index (χ2n) is 6.06. The number of rotatable bonds is 8. The van der Waals surface area contributed by atoms with Crippen LogP contribution in [0.25, 0.3) is 0 Å². The van der Waals surface area contributed by atoms with Crippen molar-refractivity contribution in [3.05, 3.63) is 81.1 Å². The molecule has 0 aliphatic rings. The summed E-state index contributed by atoms with van der Waals surface area (Å²) in [6.45, 7) is 6.65. The van der Waals surface area contributed by atoms with Gasteiger partial charge in [-0.2, -0.15) is 0 Å². The molecule has 28 heavy (non-hydrogen) atoms. The van der Waals surface area contributed by atoms with E-state index >= 15 is 0 Å². The highest BCUT2D eigenvalue weighted by atomic mass is 35.5. The molecule has 2 aromatic carbocycles. The summed E-state index contributed by atoms with van der Waals surface area (Å²) in [5.74, 6) is 2.02. The summed E-state index contributed by atoms with van der Waals surface area (Å²) in [7, 11) is 0. The van der Waals surface area contributed by atoms with Gasteiger partial charge in [0.25, 0.3) is 0 Å². The number of hydrogen-bond acceptors (Lipinski definition) is 4. The first-order valence-electron chi connectivity index (χ1n) is 8.46. The molecule has 146 valence electrons. The molecule has 0 fully saturated rings. The van der Waals surface area contributed by atoms with Crippen molar-refractivity contribution in [2.24, 2.45) is 0 Å². The Morgan fingerprint density at radius 3 is 2.61 bits per heavy atom. The topological polar surface area (TPSA) is 39.9 Å². The third-order valence-corrected chi connectivity index (χ3v) is 5.99. The molecule has 1 heterocycles. The van der Waals surface area contributed by atoms with Crippen molar-refractivity contribution in [3.8, 4) is 5.75 Å². The molecule has 0 unspecified atom stereocenters. The zero-order chi connectivity index (χ0) is 20.1. The summed E-state index contributed by atoms with van der Waals surface area (Å²) in [6.07, 6.45) is 1.80. The molecule has 0 amide bonds. The molecular formula is C20H18Cl3N3OS. The highest BCUT2D eigenvalue weighted by molar-refractivity contribution is 7.98. The minimum atomic E-state index is 0.261. The van der Waals surface area contributed by atoms with Crippen LogP contribution in [-0.4, -0.2) is 14.8 Å². The van der Waals surface area contributed by atoms with Gasteiger partial charge in [-0.1, -0.05) is 64.8 Å². The largest absolute Gasteiger partial charge is 0.484 e. The van der Waals surface area contributed by atoms with Crippen LogP contribution >= 0.6 is 46.6 Å². The van der Waals surface area contributed by atoms with E-state index < -0.39 is 0 Å². The summed E-state index contributed by atoms with van der Waals surface area (Å²) in [5.41, 5.74) is 2.13. The average Bonchev–Trinajstić information content (AvgIpc) is 3.05. The van der Waals surface area contributed by atoms with Crippen LogP contribution in [-0.2, 0) is 18.9 Å².